The molecule has 0 spiro atoms. The minimum atomic E-state index is 0.694. The Morgan fingerprint density at radius 2 is 0.873 bits per heavy atom. The van der Waals surface area contributed by atoms with Crippen LogP contribution in [-0.2, 0) is 0 Å². The molecule has 4 atom stereocenters. The van der Waals surface area contributed by atoms with Gasteiger partial charge in [-0.3, -0.25) is 0 Å². The molecule has 0 bridgehead atoms. The van der Waals surface area contributed by atoms with E-state index in [0.717, 1.165) is 70.0 Å². The molecule has 63 heavy (non-hydrogen) atoms. The highest BCUT2D eigenvalue weighted by Gasteiger charge is 2.30. The van der Waals surface area contributed by atoms with Gasteiger partial charge in [0.05, 0.1) is 0 Å². The molecule has 9 saturated carbocycles. The maximum absolute atomic E-state index is 2.39. The average Bonchev–Trinajstić information content (AvgIpc) is 3.96. The Labute approximate surface area is 402 Å². The van der Waals surface area contributed by atoms with E-state index in [1.807, 2.05) is 0 Å². The van der Waals surface area contributed by atoms with Crippen LogP contribution in [0.25, 0.3) is 0 Å². The third-order valence-electron chi connectivity index (χ3n) is 19.2. The Hall–Kier alpha value is 0. The summed E-state index contributed by atoms with van der Waals surface area (Å²) in [5, 5.41) is 0. The first-order valence-corrected chi connectivity index (χ1v) is 29.9. The molecule has 0 nitrogen and oxygen atoms in total. The Bertz CT molecular complexity index is 941. The molecule has 9 fully saturated rings. The second-order valence-corrected chi connectivity index (χ2v) is 26.1. The maximum Gasteiger partial charge on any atom is -0.0328 e. The smallest absolute Gasteiger partial charge is 0.0328 e. The van der Waals surface area contributed by atoms with Gasteiger partial charge in [-0.2, -0.15) is 0 Å². The highest BCUT2D eigenvalue weighted by atomic mass is 14.4. The van der Waals surface area contributed by atoms with Crippen LogP contribution in [0.1, 0.15) is 329 Å². The van der Waals surface area contributed by atoms with E-state index in [-0.39, 0.29) is 0 Å². The lowest BCUT2D eigenvalue weighted by Crippen LogP contribution is -2.23. The van der Waals surface area contributed by atoms with Crippen molar-refractivity contribution < 1.29 is 0 Å². The van der Waals surface area contributed by atoms with Crippen molar-refractivity contribution in [2.45, 2.75) is 329 Å². The van der Waals surface area contributed by atoms with Crippen LogP contribution in [-0.4, -0.2) is 0 Å². The predicted molar refractivity (Wildman–Crippen MR) is 290 cm³/mol. The third kappa shape index (κ3) is 28.2. The molecule has 9 aliphatic carbocycles. The third-order valence-corrected chi connectivity index (χ3v) is 19.2. The zero-order valence-electron chi connectivity index (χ0n) is 47.3. The van der Waals surface area contributed by atoms with Gasteiger partial charge in [-0.15, -0.1) is 0 Å². The first-order valence-electron chi connectivity index (χ1n) is 29.9. The molecule has 0 N–H and O–H groups in total. The molecule has 0 amide bonds. The van der Waals surface area contributed by atoms with Crippen LogP contribution in [0.5, 0.6) is 0 Å². The van der Waals surface area contributed by atoms with Gasteiger partial charge in [0.15, 0.2) is 0 Å². The van der Waals surface area contributed by atoms with Gasteiger partial charge in [-0.05, 0) is 140 Å². The van der Waals surface area contributed by atoms with Gasteiger partial charge in [0, 0.05) is 0 Å². The molecule has 0 aliphatic heterocycles. The Morgan fingerprint density at radius 1 is 0.413 bits per heavy atom. The standard InChI is InChI=1S/9C7H14/c1-6-3-4-7(2)5-6;1-7(2)5-3-4-6-7;1-6(2)7-4-3-5-7;1-3-7-4-6(2)5-7;2*1-3-7(2)5-4-6-7;1-3-7-5-4-6(7)2;1-2-7-5-3-4-6-7;1-2-4-7-5-3-6-7/h6-7H,3-5H2,1-2H3;3-6H2,1-2H3;2*6-7H,3-5H2,1-2H3;2*3-6H2,1-2H3;6-7H,3-5H2,1-2H3;2*7H,2-6H2,1H3/t;;;;;;6-,7?;;/m......0../s1. The van der Waals surface area contributed by atoms with Gasteiger partial charge in [0.1, 0.15) is 0 Å². The van der Waals surface area contributed by atoms with Crippen LogP contribution in [0, 0.1) is 75.4 Å². The molecule has 9 rings (SSSR count). The SMILES string of the molecule is CC(C)C1CCC1.CC1(C)CCCC1.CC1CCC(C)C1.CCC1(C)CCC1.CCC1(C)CCC1.CCC1CC(C)C1.CCC1CCCC1.CCC1CC[C@@H]1C.CCCC1CCC1. The summed E-state index contributed by atoms with van der Waals surface area (Å²) in [6.45, 7) is 37.3. The lowest BCUT2D eigenvalue weighted by molar-refractivity contribution is 0.155. The second-order valence-electron chi connectivity index (χ2n) is 26.1. The average molecular weight is 884 g/mol. The summed E-state index contributed by atoms with van der Waals surface area (Å²) < 4.78 is 0. The monoisotopic (exact) mass is 883 g/mol. The van der Waals surface area contributed by atoms with E-state index in [1.165, 1.54) is 218 Å². The van der Waals surface area contributed by atoms with E-state index in [9.17, 15) is 0 Å². The van der Waals surface area contributed by atoms with Crippen molar-refractivity contribution in [1.82, 2.24) is 0 Å². The van der Waals surface area contributed by atoms with Crippen LogP contribution >= 0.6 is 0 Å². The maximum atomic E-state index is 2.39. The van der Waals surface area contributed by atoms with Gasteiger partial charge in [-0.1, -0.05) is 265 Å². The Kier molecular flexibility index (Phi) is 33.2. The lowest BCUT2D eigenvalue weighted by atomic mass is 9.69. The molecular weight excluding hydrogens is 757 g/mol. The quantitative estimate of drug-likeness (QED) is 0.228. The second kappa shape index (κ2) is 34.3. The van der Waals surface area contributed by atoms with E-state index in [4.69, 9.17) is 0 Å². The fourth-order valence-corrected chi connectivity index (χ4v) is 11.6. The highest BCUT2D eigenvalue weighted by molar-refractivity contribution is 4.82. The lowest BCUT2D eigenvalue weighted by Gasteiger charge is -2.37. The van der Waals surface area contributed by atoms with Crippen molar-refractivity contribution in [2.24, 2.45) is 75.4 Å². The van der Waals surface area contributed by atoms with E-state index in [2.05, 4.69) is 111 Å². The zero-order valence-corrected chi connectivity index (χ0v) is 47.3. The van der Waals surface area contributed by atoms with E-state index < -0.39 is 0 Å². The summed E-state index contributed by atoms with van der Waals surface area (Å²) in [5.74, 6) is 10.6. The molecular formula is C63H126. The first-order chi connectivity index (χ1) is 29.9. The van der Waals surface area contributed by atoms with E-state index in [0.29, 0.717) is 5.41 Å². The fourth-order valence-electron chi connectivity index (χ4n) is 11.6. The van der Waals surface area contributed by atoms with Gasteiger partial charge in [0.25, 0.3) is 0 Å². The summed E-state index contributed by atoms with van der Waals surface area (Å²) in [6.07, 6.45) is 50.0. The molecule has 9 aliphatic rings. The minimum Gasteiger partial charge on any atom is -0.0654 e. The highest BCUT2D eigenvalue weighted by Crippen LogP contribution is 2.44. The van der Waals surface area contributed by atoms with Crippen molar-refractivity contribution in [3.8, 4) is 0 Å². The normalized spacial score (nSPS) is 30.2. The van der Waals surface area contributed by atoms with Crippen molar-refractivity contribution in [2.75, 3.05) is 0 Å². The summed E-state index contributed by atoms with van der Waals surface area (Å²) in [7, 11) is 0. The molecule has 378 valence electrons. The zero-order chi connectivity index (χ0) is 47.3. The van der Waals surface area contributed by atoms with Gasteiger partial charge in [0.2, 0.25) is 0 Å². The van der Waals surface area contributed by atoms with Crippen molar-refractivity contribution in [1.29, 1.82) is 0 Å². The van der Waals surface area contributed by atoms with Gasteiger partial charge < -0.3 is 0 Å². The Balaban J connectivity index is 0.000000354. The van der Waals surface area contributed by atoms with Crippen LogP contribution in [0.4, 0.5) is 0 Å². The molecule has 0 heteroatoms. The van der Waals surface area contributed by atoms with Crippen molar-refractivity contribution in [3.63, 3.8) is 0 Å². The topological polar surface area (TPSA) is 0 Å². The minimum absolute atomic E-state index is 0.694. The molecule has 3 unspecified atom stereocenters. The fraction of sp³-hybridized carbons (Fsp3) is 1.00. The van der Waals surface area contributed by atoms with Gasteiger partial charge in [-0.25, -0.2) is 0 Å². The number of hydrogen-bond acceptors (Lipinski definition) is 0. The number of rotatable bonds is 8. The molecule has 0 aromatic rings. The summed E-state index contributed by atoms with van der Waals surface area (Å²) in [4.78, 5) is 0. The largest absolute Gasteiger partial charge is 0.0654 e. The van der Waals surface area contributed by atoms with Crippen LogP contribution in [0.15, 0.2) is 0 Å². The summed E-state index contributed by atoms with van der Waals surface area (Å²) in [6, 6.07) is 0. The van der Waals surface area contributed by atoms with Crippen molar-refractivity contribution in [3.05, 3.63) is 0 Å². The van der Waals surface area contributed by atoms with Gasteiger partial charge >= 0.3 is 0 Å². The van der Waals surface area contributed by atoms with E-state index >= 15 is 0 Å². The van der Waals surface area contributed by atoms with Crippen molar-refractivity contribution >= 4 is 0 Å². The molecule has 0 heterocycles. The van der Waals surface area contributed by atoms with E-state index in [1.54, 1.807) is 0 Å². The van der Waals surface area contributed by atoms with Crippen LogP contribution in [0.3, 0.4) is 0 Å². The Morgan fingerprint density at radius 3 is 0.968 bits per heavy atom. The summed E-state index contributed by atoms with van der Waals surface area (Å²) >= 11 is 0. The van der Waals surface area contributed by atoms with Crippen LogP contribution < -0.4 is 0 Å². The summed E-state index contributed by atoms with van der Waals surface area (Å²) in [5.41, 5.74) is 2.22. The molecule has 0 aromatic carbocycles. The molecule has 0 radical (unpaired) electrons. The molecule has 0 saturated heterocycles. The predicted octanol–water partition coefficient (Wildman–Crippen LogP) is 22.7. The van der Waals surface area contributed by atoms with Crippen LogP contribution in [0.2, 0.25) is 0 Å². The molecule has 0 aromatic heterocycles. The first kappa shape index (κ1) is 61.0. The number of hydrogen-bond donors (Lipinski definition) is 0.